The molecule has 7 nitrogen and oxygen atoms in total. The van der Waals surface area contributed by atoms with E-state index in [4.69, 9.17) is 11.5 Å². The van der Waals surface area contributed by atoms with E-state index in [1.165, 1.54) is 7.05 Å². The molecule has 1 fully saturated rings. The Labute approximate surface area is 80.0 Å². The lowest BCUT2D eigenvalue weighted by molar-refractivity contribution is -0.128. The van der Waals surface area contributed by atoms with Crippen LogP contribution in [0.4, 0.5) is 4.79 Å². The van der Waals surface area contributed by atoms with Gasteiger partial charge in [0.1, 0.15) is 18.6 Å². The minimum Gasteiger partial charge on any atom is -0.448 e. The Morgan fingerprint density at radius 3 is 2.50 bits per heavy atom. The fourth-order valence-electron chi connectivity index (χ4n) is 1.23. The highest BCUT2D eigenvalue weighted by Gasteiger charge is 2.42. The lowest BCUT2D eigenvalue weighted by atomic mass is 9.97. The van der Waals surface area contributed by atoms with Crippen molar-refractivity contribution in [1.82, 2.24) is 4.90 Å². The zero-order valence-electron chi connectivity index (χ0n) is 7.52. The predicted octanol–water partition coefficient (Wildman–Crippen LogP) is -2.02. The van der Waals surface area contributed by atoms with E-state index in [0.29, 0.717) is 0 Å². The number of nitrogens with zero attached hydrogens (tertiary/aromatic N) is 1. The Morgan fingerprint density at radius 1 is 1.50 bits per heavy atom. The van der Waals surface area contributed by atoms with Crippen LogP contribution in [0.2, 0.25) is 0 Å². The second-order valence-electron chi connectivity index (χ2n) is 2.86. The molecule has 1 unspecified atom stereocenters. The number of hydrogen-bond donors (Lipinski definition) is 2. The molecule has 0 aliphatic carbocycles. The second kappa shape index (κ2) is 3.52. The Morgan fingerprint density at radius 2 is 2.07 bits per heavy atom. The molecule has 1 rings (SSSR count). The quantitative estimate of drug-likeness (QED) is 0.535. The van der Waals surface area contributed by atoms with Gasteiger partial charge in [-0.25, -0.2) is 4.79 Å². The van der Waals surface area contributed by atoms with Crippen LogP contribution in [-0.2, 0) is 14.3 Å². The summed E-state index contributed by atoms with van der Waals surface area (Å²) in [7, 11) is 1.31. The van der Waals surface area contributed by atoms with Gasteiger partial charge in [0.25, 0.3) is 0 Å². The highest BCUT2D eigenvalue weighted by Crippen LogP contribution is 2.19. The van der Waals surface area contributed by atoms with Gasteiger partial charge in [0, 0.05) is 7.05 Å². The number of nitrogens with two attached hydrogens (primary N) is 2. The summed E-state index contributed by atoms with van der Waals surface area (Å²) in [5.41, 5.74) is 10.0. The highest BCUT2D eigenvalue weighted by atomic mass is 16.6. The molecule has 1 heterocycles. The Hall–Kier alpha value is -1.79. The van der Waals surface area contributed by atoms with Gasteiger partial charge in [0.2, 0.25) is 11.8 Å². The molecule has 1 radical (unpaired) electrons. The molecular formula is C7H10N3O4. The van der Waals surface area contributed by atoms with E-state index in [1.54, 1.807) is 0 Å². The van der Waals surface area contributed by atoms with Crippen LogP contribution in [0.3, 0.4) is 0 Å². The van der Waals surface area contributed by atoms with Gasteiger partial charge in [-0.05, 0) is 0 Å². The summed E-state index contributed by atoms with van der Waals surface area (Å²) in [6.45, 7) is -0.286. The molecule has 1 saturated heterocycles. The van der Waals surface area contributed by atoms with E-state index in [9.17, 15) is 14.4 Å². The summed E-state index contributed by atoms with van der Waals surface area (Å²) in [6.07, 6.45) is -0.709. The van der Waals surface area contributed by atoms with E-state index >= 15 is 0 Å². The average molecular weight is 200 g/mol. The molecular weight excluding hydrogens is 190 g/mol. The molecule has 0 bridgehead atoms. The molecule has 4 N–H and O–H groups in total. The maximum Gasteiger partial charge on any atom is 0.410 e. The van der Waals surface area contributed by atoms with Crippen molar-refractivity contribution in [1.29, 1.82) is 0 Å². The van der Waals surface area contributed by atoms with Gasteiger partial charge in [-0.15, -0.1) is 0 Å². The number of hydrogen-bond acceptors (Lipinski definition) is 4. The summed E-state index contributed by atoms with van der Waals surface area (Å²) in [5.74, 6) is -1.62. The van der Waals surface area contributed by atoms with E-state index in [2.05, 4.69) is 4.74 Å². The third-order valence-corrected chi connectivity index (χ3v) is 1.94. The molecule has 14 heavy (non-hydrogen) atoms. The summed E-state index contributed by atoms with van der Waals surface area (Å²) in [5, 5.41) is 0. The van der Waals surface area contributed by atoms with E-state index < -0.39 is 23.9 Å². The van der Waals surface area contributed by atoms with Crippen molar-refractivity contribution < 1.29 is 19.1 Å². The third kappa shape index (κ3) is 1.61. The van der Waals surface area contributed by atoms with Crippen molar-refractivity contribution in [3.63, 3.8) is 0 Å². The minimum atomic E-state index is -1.10. The lowest BCUT2D eigenvalue weighted by Gasteiger charge is -2.33. The number of primary amides is 2. The van der Waals surface area contributed by atoms with Crippen molar-refractivity contribution in [2.24, 2.45) is 11.5 Å². The summed E-state index contributed by atoms with van der Waals surface area (Å²) in [4.78, 5) is 33.8. The molecule has 1 atom stereocenters. The molecule has 1 aliphatic rings. The first kappa shape index (κ1) is 10.3. The monoisotopic (exact) mass is 200 g/mol. The maximum absolute atomic E-state index is 11.0. The van der Waals surface area contributed by atoms with Crippen LogP contribution in [0.5, 0.6) is 0 Å². The van der Waals surface area contributed by atoms with Crippen molar-refractivity contribution in [3.05, 3.63) is 5.92 Å². The van der Waals surface area contributed by atoms with Gasteiger partial charge in [-0.2, -0.15) is 0 Å². The summed E-state index contributed by atoms with van der Waals surface area (Å²) < 4.78 is 4.59. The molecule has 0 aromatic carbocycles. The number of cyclic esters (lactones) is 1. The minimum absolute atomic E-state index is 0.0143. The molecule has 7 heteroatoms. The first-order valence-corrected chi connectivity index (χ1v) is 3.79. The maximum atomic E-state index is 11.0. The van der Waals surface area contributed by atoms with Gasteiger partial charge in [-0.3, -0.25) is 14.5 Å². The number of likely N-dealkylation sites (N-methyl/N-ethyl adjacent to an activating group) is 1. The van der Waals surface area contributed by atoms with E-state index in [1.807, 2.05) is 0 Å². The first-order chi connectivity index (χ1) is 6.45. The molecule has 1 aliphatic heterocycles. The molecule has 0 spiro atoms. The number of carbonyl (C=O) groups excluding carboxylic acids is 3. The predicted molar refractivity (Wildman–Crippen MR) is 44.5 cm³/mol. The van der Waals surface area contributed by atoms with Crippen LogP contribution in [0.25, 0.3) is 0 Å². The molecule has 0 aromatic rings. The standard InChI is InChI=1S/C7H10N3O4/c1-10-4(6(9)12)3(5(8)11)2-14-7(10)13/h4H,2H2,1H3,(H2,8,11)(H2,9,12). The smallest absolute Gasteiger partial charge is 0.410 e. The number of rotatable bonds is 2. The Balaban J connectivity index is 2.93. The van der Waals surface area contributed by atoms with Gasteiger partial charge in [-0.1, -0.05) is 0 Å². The topological polar surface area (TPSA) is 116 Å². The van der Waals surface area contributed by atoms with Crippen LogP contribution in [0, 0.1) is 5.92 Å². The summed E-state index contributed by atoms with van der Waals surface area (Å²) in [6, 6.07) is -1.10. The van der Waals surface area contributed by atoms with Crippen LogP contribution in [0.15, 0.2) is 0 Å². The van der Waals surface area contributed by atoms with Gasteiger partial charge in [0.05, 0.1) is 0 Å². The second-order valence-corrected chi connectivity index (χ2v) is 2.86. The van der Waals surface area contributed by atoms with Crippen molar-refractivity contribution in [2.75, 3.05) is 13.7 Å². The zero-order chi connectivity index (χ0) is 10.9. The normalized spacial score (nSPS) is 23.1. The Bertz CT molecular complexity index is 291. The fraction of sp³-hybridized carbons (Fsp3) is 0.429. The summed E-state index contributed by atoms with van der Waals surface area (Å²) >= 11 is 0. The van der Waals surface area contributed by atoms with E-state index in [-0.39, 0.29) is 12.5 Å². The van der Waals surface area contributed by atoms with Crippen molar-refractivity contribution in [2.45, 2.75) is 6.04 Å². The van der Waals surface area contributed by atoms with Crippen molar-refractivity contribution in [3.8, 4) is 0 Å². The Kier molecular flexibility index (Phi) is 2.59. The largest absolute Gasteiger partial charge is 0.448 e. The zero-order valence-corrected chi connectivity index (χ0v) is 7.52. The SMILES string of the molecule is CN1C(=O)OC[C](C(N)=O)C1C(N)=O. The van der Waals surface area contributed by atoms with Crippen LogP contribution in [0.1, 0.15) is 0 Å². The molecule has 0 saturated carbocycles. The fourth-order valence-corrected chi connectivity index (χ4v) is 1.23. The van der Waals surface area contributed by atoms with Crippen molar-refractivity contribution >= 4 is 17.9 Å². The van der Waals surface area contributed by atoms with Gasteiger partial charge < -0.3 is 16.2 Å². The van der Waals surface area contributed by atoms with Crippen LogP contribution >= 0.6 is 0 Å². The molecule has 0 aromatic heterocycles. The molecule has 77 valence electrons. The van der Waals surface area contributed by atoms with Crippen LogP contribution < -0.4 is 11.5 Å². The van der Waals surface area contributed by atoms with Gasteiger partial charge >= 0.3 is 6.09 Å². The number of carbonyl (C=O) groups is 3. The average Bonchev–Trinajstić information content (AvgIpc) is 2.08. The highest BCUT2D eigenvalue weighted by molar-refractivity contribution is 6.00. The third-order valence-electron chi connectivity index (χ3n) is 1.94. The molecule has 3 amide bonds. The van der Waals surface area contributed by atoms with Gasteiger partial charge in [0.15, 0.2) is 0 Å². The number of amides is 3. The number of ether oxygens (including phenoxy) is 1. The van der Waals surface area contributed by atoms with Crippen LogP contribution in [-0.4, -0.2) is 42.5 Å². The van der Waals surface area contributed by atoms with E-state index in [0.717, 1.165) is 4.90 Å². The lowest BCUT2D eigenvalue weighted by Crippen LogP contribution is -2.57. The first-order valence-electron chi connectivity index (χ1n) is 3.79.